The minimum Gasteiger partial charge on any atom is -0.409 e. The van der Waals surface area contributed by atoms with Gasteiger partial charge in [-0.25, -0.2) is 0 Å². The average Bonchev–Trinajstić information content (AvgIpc) is 2.29. The largest absolute Gasteiger partial charge is 0.409 e. The van der Waals surface area contributed by atoms with Crippen LogP contribution in [0.5, 0.6) is 0 Å². The Bertz CT molecular complexity index is 339. The van der Waals surface area contributed by atoms with Gasteiger partial charge in [0.2, 0.25) is 0 Å². The summed E-state index contributed by atoms with van der Waals surface area (Å²) in [6.07, 6.45) is 3.59. The second-order valence-electron chi connectivity index (χ2n) is 3.98. The molecule has 0 bridgehead atoms. The Balaban J connectivity index is 2.45. The van der Waals surface area contributed by atoms with Gasteiger partial charge in [-0.05, 0) is 18.7 Å². The fourth-order valence-corrected chi connectivity index (χ4v) is 1.53. The quantitative estimate of drug-likeness (QED) is 0.336. The summed E-state index contributed by atoms with van der Waals surface area (Å²) in [6, 6.07) is 3.94. The van der Waals surface area contributed by atoms with Crippen molar-refractivity contribution in [3.63, 3.8) is 0 Å². The highest BCUT2D eigenvalue weighted by molar-refractivity contribution is 5.82. The van der Waals surface area contributed by atoms with Gasteiger partial charge >= 0.3 is 0 Å². The number of hydrogen-bond donors (Lipinski definition) is 2. The van der Waals surface area contributed by atoms with Gasteiger partial charge in [0.1, 0.15) is 5.84 Å². The van der Waals surface area contributed by atoms with Crippen molar-refractivity contribution in [2.75, 3.05) is 13.6 Å². The predicted octanol–water partition coefficient (Wildman–Crippen LogP) is 0.896. The Morgan fingerprint density at radius 3 is 3.00 bits per heavy atom. The number of rotatable bonds is 5. The standard InChI is InChI=1S/C11H18N4O/c1-9(11(12)14-16)7-15(2)8-10-4-3-5-13-6-10/h3-6,9,16H,7-8H2,1-2H3,(H2,12,14). The summed E-state index contributed by atoms with van der Waals surface area (Å²) < 4.78 is 0. The molecular weight excluding hydrogens is 204 g/mol. The van der Waals surface area contributed by atoms with Crippen molar-refractivity contribution in [3.8, 4) is 0 Å². The van der Waals surface area contributed by atoms with Crippen molar-refractivity contribution < 1.29 is 5.21 Å². The van der Waals surface area contributed by atoms with E-state index in [4.69, 9.17) is 10.9 Å². The summed E-state index contributed by atoms with van der Waals surface area (Å²) in [5.74, 6) is 0.296. The molecule has 3 N–H and O–H groups in total. The number of nitrogens with two attached hydrogens (primary N) is 1. The van der Waals surface area contributed by atoms with Gasteiger partial charge in [-0.2, -0.15) is 0 Å². The number of hydrogen-bond acceptors (Lipinski definition) is 4. The molecule has 1 aromatic heterocycles. The zero-order chi connectivity index (χ0) is 12.0. The van der Waals surface area contributed by atoms with E-state index < -0.39 is 0 Å². The molecule has 0 spiro atoms. The lowest BCUT2D eigenvalue weighted by molar-refractivity contribution is 0.290. The van der Waals surface area contributed by atoms with E-state index in [0.717, 1.165) is 18.7 Å². The number of nitrogens with zero attached hydrogens (tertiary/aromatic N) is 3. The van der Waals surface area contributed by atoms with Crippen LogP contribution in [0.3, 0.4) is 0 Å². The molecule has 1 atom stereocenters. The second kappa shape index (κ2) is 6.07. The Hall–Kier alpha value is -1.62. The zero-order valence-corrected chi connectivity index (χ0v) is 9.67. The predicted molar refractivity (Wildman–Crippen MR) is 63.1 cm³/mol. The van der Waals surface area contributed by atoms with Crippen molar-refractivity contribution in [1.29, 1.82) is 0 Å². The number of amidine groups is 1. The molecule has 0 saturated heterocycles. The van der Waals surface area contributed by atoms with E-state index in [0.29, 0.717) is 0 Å². The molecular formula is C11H18N4O. The molecule has 0 radical (unpaired) electrons. The molecule has 5 nitrogen and oxygen atoms in total. The first-order chi connectivity index (χ1) is 7.63. The molecule has 0 aromatic carbocycles. The highest BCUT2D eigenvalue weighted by Gasteiger charge is 2.10. The number of aromatic nitrogens is 1. The van der Waals surface area contributed by atoms with E-state index in [-0.39, 0.29) is 11.8 Å². The Morgan fingerprint density at radius 1 is 1.69 bits per heavy atom. The maximum atomic E-state index is 8.54. The van der Waals surface area contributed by atoms with Gasteiger partial charge < -0.3 is 15.8 Å². The van der Waals surface area contributed by atoms with Crippen LogP contribution >= 0.6 is 0 Å². The fourth-order valence-electron chi connectivity index (χ4n) is 1.53. The van der Waals surface area contributed by atoms with Crippen LogP contribution in [-0.2, 0) is 6.54 Å². The van der Waals surface area contributed by atoms with Gasteiger partial charge in [-0.15, -0.1) is 0 Å². The molecule has 1 unspecified atom stereocenters. The molecule has 88 valence electrons. The van der Waals surface area contributed by atoms with Crippen molar-refractivity contribution in [2.24, 2.45) is 16.8 Å². The Kier molecular flexibility index (Phi) is 4.72. The number of pyridine rings is 1. The molecule has 0 aliphatic heterocycles. The van der Waals surface area contributed by atoms with Crippen molar-refractivity contribution in [1.82, 2.24) is 9.88 Å². The number of oxime groups is 1. The fraction of sp³-hybridized carbons (Fsp3) is 0.455. The van der Waals surface area contributed by atoms with Crippen molar-refractivity contribution >= 4 is 5.84 Å². The lowest BCUT2D eigenvalue weighted by Crippen LogP contribution is -2.32. The van der Waals surface area contributed by atoms with E-state index in [2.05, 4.69) is 15.0 Å². The summed E-state index contributed by atoms with van der Waals surface area (Å²) in [5, 5.41) is 11.5. The van der Waals surface area contributed by atoms with Crippen LogP contribution < -0.4 is 5.73 Å². The summed E-state index contributed by atoms with van der Waals surface area (Å²) in [6.45, 7) is 3.47. The van der Waals surface area contributed by atoms with Gasteiger partial charge in [0, 0.05) is 31.4 Å². The molecule has 1 rings (SSSR count). The maximum absolute atomic E-state index is 8.54. The second-order valence-corrected chi connectivity index (χ2v) is 3.98. The molecule has 1 heterocycles. The van der Waals surface area contributed by atoms with Gasteiger partial charge in [0.25, 0.3) is 0 Å². The monoisotopic (exact) mass is 222 g/mol. The van der Waals surface area contributed by atoms with Gasteiger partial charge in [-0.1, -0.05) is 18.1 Å². The van der Waals surface area contributed by atoms with Crippen LogP contribution in [0.15, 0.2) is 29.7 Å². The van der Waals surface area contributed by atoms with E-state index >= 15 is 0 Å². The van der Waals surface area contributed by atoms with Gasteiger partial charge in [0.05, 0.1) is 0 Å². The smallest absolute Gasteiger partial charge is 0.143 e. The van der Waals surface area contributed by atoms with E-state index in [1.165, 1.54) is 0 Å². The van der Waals surface area contributed by atoms with Crippen LogP contribution in [0.4, 0.5) is 0 Å². The normalized spacial score (nSPS) is 14.1. The third-order valence-corrected chi connectivity index (χ3v) is 2.38. The van der Waals surface area contributed by atoms with E-state index in [1.807, 2.05) is 32.3 Å². The molecule has 0 fully saturated rings. The van der Waals surface area contributed by atoms with Crippen molar-refractivity contribution in [2.45, 2.75) is 13.5 Å². The van der Waals surface area contributed by atoms with Gasteiger partial charge in [-0.3, -0.25) is 4.98 Å². The molecule has 5 heteroatoms. The maximum Gasteiger partial charge on any atom is 0.143 e. The molecule has 16 heavy (non-hydrogen) atoms. The Morgan fingerprint density at radius 2 is 2.44 bits per heavy atom. The highest BCUT2D eigenvalue weighted by atomic mass is 16.4. The summed E-state index contributed by atoms with van der Waals surface area (Å²) in [4.78, 5) is 6.16. The topological polar surface area (TPSA) is 74.7 Å². The van der Waals surface area contributed by atoms with E-state index in [1.54, 1.807) is 6.20 Å². The van der Waals surface area contributed by atoms with Crippen LogP contribution in [0, 0.1) is 5.92 Å². The molecule has 0 aliphatic carbocycles. The third kappa shape index (κ3) is 3.86. The SMILES string of the molecule is CC(CN(C)Cc1cccnc1)/C(N)=N/O. The summed E-state index contributed by atoms with van der Waals surface area (Å²) >= 11 is 0. The summed E-state index contributed by atoms with van der Waals surface area (Å²) in [7, 11) is 1.99. The average molecular weight is 222 g/mol. The van der Waals surface area contributed by atoms with Crippen LogP contribution in [0.25, 0.3) is 0 Å². The first-order valence-corrected chi connectivity index (χ1v) is 5.18. The lowest BCUT2D eigenvalue weighted by Gasteiger charge is -2.20. The molecule has 0 saturated carbocycles. The van der Waals surface area contributed by atoms with Crippen LogP contribution in [0.2, 0.25) is 0 Å². The zero-order valence-electron chi connectivity index (χ0n) is 9.67. The highest BCUT2D eigenvalue weighted by Crippen LogP contribution is 2.04. The minimum atomic E-state index is 0.0340. The third-order valence-electron chi connectivity index (χ3n) is 2.38. The molecule has 0 aliphatic rings. The van der Waals surface area contributed by atoms with Crippen LogP contribution in [0.1, 0.15) is 12.5 Å². The first kappa shape index (κ1) is 12.4. The van der Waals surface area contributed by atoms with Crippen LogP contribution in [-0.4, -0.2) is 34.5 Å². The van der Waals surface area contributed by atoms with E-state index in [9.17, 15) is 0 Å². The first-order valence-electron chi connectivity index (χ1n) is 5.18. The molecule has 0 amide bonds. The summed E-state index contributed by atoms with van der Waals surface area (Å²) in [5.41, 5.74) is 6.67. The minimum absolute atomic E-state index is 0.0340. The van der Waals surface area contributed by atoms with Gasteiger partial charge in [0.15, 0.2) is 0 Å². The Labute approximate surface area is 95.6 Å². The lowest BCUT2D eigenvalue weighted by atomic mass is 10.1. The van der Waals surface area contributed by atoms with Crippen molar-refractivity contribution in [3.05, 3.63) is 30.1 Å². The molecule has 1 aromatic rings.